The van der Waals surface area contributed by atoms with E-state index < -0.39 is 5.97 Å². The minimum Gasteiger partial charge on any atom is -0.493 e. The molecule has 0 atom stereocenters. The molecule has 6 nitrogen and oxygen atoms in total. The molecule has 0 radical (unpaired) electrons. The van der Waals surface area contributed by atoms with Crippen LogP contribution in [0.15, 0.2) is 18.2 Å². The molecule has 1 aromatic heterocycles. The van der Waals surface area contributed by atoms with Crippen molar-refractivity contribution in [3.8, 4) is 11.5 Å². The summed E-state index contributed by atoms with van der Waals surface area (Å²) < 4.78 is 10.4. The first kappa shape index (κ1) is 14.1. The van der Waals surface area contributed by atoms with Gasteiger partial charge in [0, 0.05) is 16.6 Å². The predicted octanol–water partition coefficient (Wildman–Crippen LogP) is 2.91. The average Bonchev–Trinajstić information content (AvgIpc) is 2.79. The molecule has 0 aliphatic carbocycles. The lowest BCUT2D eigenvalue weighted by Gasteiger charge is -2.09. The number of hydrogen-bond donors (Lipinski definition) is 2. The number of aromatic nitrogens is 1. The smallest absolute Gasteiger partial charge is 0.355 e. The number of hydrogen-bond acceptors (Lipinski definition) is 6. The Morgan fingerprint density at radius 3 is 2.55 bits per heavy atom. The van der Waals surface area contributed by atoms with Gasteiger partial charge in [-0.1, -0.05) is 0 Å². The Balaban J connectivity index is 2.26. The van der Waals surface area contributed by atoms with Gasteiger partial charge in [0.25, 0.3) is 0 Å². The van der Waals surface area contributed by atoms with E-state index in [2.05, 4.69) is 10.3 Å². The highest BCUT2D eigenvalue weighted by atomic mass is 32.1. The van der Waals surface area contributed by atoms with Crippen LogP contribution in [-0.4, -0.2) is 30.3 Å². The molecule has 0 saturated carbocycles. The van der Waals surface area contributed by atoms with Crippen molar-refractivity contribution in [1.82, 2.24) is 4.98 Å². The molecule has 106 valence electrons. The number of carboxylic acids is 1. The Morgan fingerprint density at radius 2 is 2.00 bits per heavy atom. The SMILES string of the molecule is COc1ccc(Nc2nc(C(=O)O)c(C)s2)cc1OC. The van der Waals surface area contributed by atoms with Crippen LogP contribution >= 0.6 is 11.3 Å². The minimum absolute atomic E-state index is 0.0676. The maximum Gasteiger partial charge on any atom is 0.355 e. The van der Waals surface area contributed by atoms with Crippen molar-refractivity contribution in [3.05, 3.63) is 28.8 Å². The summed E-state index contributed by atoms with van der Waals surface area (Å²) in [6, 6.07) is 5.33. The fourth-order valence-electron chi connectivity index (χ4n) is 1.69. The van der Waals surface area contributed by atoms with Crippen LogP contribution < -0.4 is 14.8 Å². The first-order valence-electron chi connectivity index (χ1n) is 5.75. The summed E-state index contributed by atoms with van der Waals surface area (Å²) in [5.74, 6) is 0.183. The summed E-state index contributed by atoms with van der Waals surface area (Å²) in [4.78, 5) is 15.6. The van der Waals surface area contributed by atoms with Crippen molar-refractivity contribution in [2.45, 2.75) is 6.92 Å². The maximum atomic E-state index is 11.0. The molecule has 2 rings (SSSR count). The van der Waals surface area contributed by atoms with Gasteiger partial charge in [-0.05, 0) is 19.1 Å². The number of carboxylic acid groups (broad SMARTS) is 1. The molecule has 0 bridgehead atoms. The number of nitrogens with zero attached hydrogens (tertiary/aromatic N) is 1. The number of benzene rings is 1. The monoisotopic (exact) mass is 294 g/mol. The van der Waals surface area contributed by atoms with Crippen molar-refractivity contribution in [2.75, 3.05) is 19.5 Å². The molecule has 0 saturated heterocycles. The third-order valence-corrected chi connectivity index (χ3v) is 3.52. The first-order chi connectivity index (χ1) is 9.55. The van der Waals surface area contributed by atoms with E-state index >= 15 is 0 Å². The zero-order valence-electron chi connectivity index (χ0n) is 11.3. The van der Waals surface area contributed by atoms with Gasteiger partial charge in [-0.2, -0.15) is 0 Å². The molecule has 1 aromatic carbocycles. The van der Waals surface area contributed by atoms with E-state index in [9.17, 15) is 4.79 Å². The number of carbonyl (C=O) groups is 1. The predicted molar refractivity (Wildman–Crippen MR) is 76.6 cm³/mol. The Hall–Kier alpha value is -2.28. The third-order valence-electron chi connectivity index (χ3n) is 2.63. The van der Waals surface area contributed by atoms with Gasteiger partial charge in [0.2, 0.25) is 0 Å². The number of rotatable bonds is 5. The van der Waals surface area contributed by atoms with Gasteiger partial charge >= 0.3 is 5.97 Å². The average molecular weight is 294 g/mol. The van der Waals surface area contributed by atoms with Gasteiger partial charge in [-0.15, -0.1) is 11.3 Å². The molecule has 2 aromatic rings. The lowest BCUT2D eigenvalue weighted by molar-refractivity contribution is 0.0690. The van der Waals surface area contributed by atoms with E-state index in [1.807, 2.05) is 0 Å². The standard InChI is InChI=1S/C13H14N2O4S/c1-7-11(12(16)17)15-13(20-7)14-8-4-5-9(18-2)10(6-8)19-3/h4-6H,1-3H3,(H,14,15)(H,16,17). The van der Waals surface area contributed by atoms with Gasteiger partial charge in [0.05, 0.1) is 14.2 Å². The van der Waals surface area contributed by atoms with Crippen LogP contribution in [-0.2, 0) is 0 Å². The lowest BCUT2D eigenvalue weighted by Crippen LogP contribution is -1.99. The van der Waals surface area contributed by atoms with Gasteiger partial charge < -0.3 is 19.9 Å². The van der Waals surface area contributed by atoms with Crippen molar-refractivity contribution in [1.29, 1.82) is 0 Å². The van der Waals surface area contributed by atoms with Gasteiger partial charge in [0.1, 0.15) is 0 Å². The highest BCUT2D eigenvalue weighted by Crippen LogP contribution is 2.32. The van der Waals surface area contributed by atoms with Crippen molar-refractivity contribution in [3.63, 3.8) is 0 Å². The molecule has 0 unspecified atom stereocenters. The summed E-state index contributed by atoms with van der Waals surface area (Å²) in [6.45, 7) is 1.72. The fraction of sp³-hybridized carbons (Fsp3) is 0.231. The summed E-state index contributed by atoms with van der Waals surface area (Å²) in [6.07, 6.45) is 0. The number of nitrogens with one attached hydrogen (secondary N) is 1. The zero-order valence-corrected chi connectivity index (χ0v) is 12.1. The number of aryl methyl sites for hydroxylation is 1. The summed E-state index contributed by atoms with van der Waals surface area (Å²) in [5.41, 5.74) is 0.811. The topological polar surface area (TPSA) is 80.7 Å². The highest BCUT2D eigenvalue weighted by molar-refractivity contribution is 7.15. The molecular weight excluding hydrogens is 280 g/mol. The fourth-order valence-corrected chi connectivity index (χ4v) is 2.51. The van der Waals surface area contributed by atoms with E-state index in [0.717, 1.165) is 5.69 Å². The van der Waals surface area contributed by atoms with Crippen LogP contribution in [0.5, 0.6) is 11.5 Å². The van der Waals surface area contributed by atoms with Crippen LogP contribution in [0.2, 0.25) is 0 Å². The molecule has 0 fully saturated rings. The Bertz CT molecular complexity index is 639. The molecule has 0 amide bonds. The lowest BCUT2D eigenvalue weighted by atomic mass is 10.3. The van der Waals surface area contributed by atoms with E-state index in [1.165, 1.54) is 11.3 Å². The largest absolute Gasteiger partial charge is 0.493 e. The summed E-state index contributed by atoms with van der Waals surface area (Å²) >= 11 is 1.29. The number of thiazole rings is 1. The second-order valence-electron chi connectivity index (χ2n) is 3.92. The second kappa shape index (κ2) is 5.79. The quantitative estimate of drug-likeness (QED) is 0.882. The van der Waals surface area contributed by atoms with Crippen LogP contribution in [0.1, 0.15) is 15.4 Å². The first-order valence-corrected chi connectivity index (χ1v) is 6.56. The van der Waals surface area contributed by atoms with Gasteiger partial charge in [-0.25, -0.2) is 9.78 Å². The van der Waals surface area contributed by atoms with E-state index in [1.54, 1.807) is 39.3 Å². The van der Waals surface area contributed by atoms with Crippen LogP contribution in [0.3, 0.4) is 0 Å². The Kier molecular flexibility index (Phi) is 4.09. The Morgan fingerprint density at radius 1 is 1.30 bits per heavy atom. The highest BCUT2D eigenvalue weighted by Gasteiger charge is 2.14. The van der Waals surface area contributed by atoms with Crippen molar-refractivity contribution in [2.24, 2.45) is 0 Å². The van der Waals surface area contributed by atoms with E-state index in [0.29, 0.717) is 21.5 Å². The summed E-state index contributed by atoms with van der Waals surface area (Å²) in [7, 11) is 3.12. The Labute approximate surface area is 120 Å². The van der Waals surface area contributed by atoms with Crippen LogP contribution in [0.4, 0.5) is 10.8 Å². The van der Waals surface area contributed by atoms with Crippen molar-refractivity contribution >= 4 is 28.1 Å². The van der Waals surface area contributed by atoms with Crippen molar-refractivity contribution < 1.29 is 19.4 Å². The third kappa shape index (κ3) is 2.83. The minimum atomic E-state index is -1.03. The number of anilines is 2. The second-order valence-corrected chi connectivity index (χ2v) is 5.13. The summed E-state index contributed by atoms with van der Waals surface area (Å²) in [5, 5.41) is 12.6. The number of methoxy groups -OCH3 is 2. The normalized spacial score (nSPS) is 10.2. The molecule has 0 spiro atoms. The maximum absolute atomic E-state index is 11.0. The van der Waals surface area contributed by atoms with Crippen LogP contribution in [0, 0.1) is 6.92 Å². The molecule has 2 N–H and O–H groups in total. The number of ether oxygens (including phenoxy) is 2. The van der Waals surface area contributed by atoms with Crippen LogP contribution in [0.25, 0.3) is 0 Å². The van der Waals surface area contributed by atoms with E-state index in [-0.39, 0.29) is 5.69 Å². The molecule has 7 heteroatoms. The van der Waals surface area contributed by atoms with E-state index in [4.69, 9.17) is 14.6 Å². The zero-order chi connectivity index (χ0) is 14.7. The van der Waals surface area contributed by atoms with Gasteiger partial charge in [0.15, 0.2) is 22.3 Å². The molecule has 1 heterocycles. The molecule has 20 heavy (non-hydrogen) atoms. The molecular formula is C13H14N2O4S. The van der Waals surface area contributed by atoms with Gasteiger partial charge in [-0.3, -0.25) is 0 Å². The number of aromatic carboxylic acids is 1. The molecule has 0 aliphatic rings. The molecule has 0 aliphatic heterocycles.